The molecule has 1 aromatic rings. The fourth-order valence-corrected chi connectivity index (χ4v) is 2.72. The van der Waals surface area contributed by atoms with Crippen LogP contribution in [0.1, 0.15) is 19.4 Å². The van der Waals surface area contributed by atoms with Crippen molar-refractivity contribution >= 4 is 11.6 Å². The molecule has 2 N–H and O–H groups in total. The molecule has 2 rings (SSSR count). The maximum Gasteiger partial charge on any atom is 0.274 e. The van der Waals surface area contributed by atoms with E-state index in [1.165, 1.54) is 6.07 Å². The molecular formula is C17H27N5O3. The van der Waals surface area contributed by atoms with Crippen LogP contribution >= 0.6 is 0 Å². The van der Waals surface area contributed by atoms with E-state index >= 15 is 0 Å². The molecule has 8 nitrogen and oxygen atoms in total. The van der Waals surface area contributed by atoms with Crippen molar-refractivity contribution in [2.45, 2.75) is 26.4 Å². The van der Waals surface area contributed by atoms with Gasteiger partial charge in [-0.3, -0.25) is 15.0 Å². The maximum atomic E-state index is 11.1. The molecule has 0 radical (unpaired) electrons. The highest BCUT2D eigenvalue weighted by atomic mass is 16.6. The van der Waals surface area contributed by atoms with Crippen molar-refractivity contribution in [3.8, 4) is 0 Å². The predicted octanol–water partition coefficient (Wildman–Crippen LogP) is 1.37. The minimum Gasteiger partial charge on any atom is -0.379 e. The highest BCUT2D eigenvalue weighted by Crippen LogP contribution is 2.18. The molecule has 1 saturated heterocycles. The average Bonchev–Trinajstić information content (AvgIpc) is 2.64. The van der Waals surface area contributed by atoms with E-state index in [0.29, 0.717) is 17.6 Å². The zero-order valence-corrected chi connectivity index (χ0v) is 14.9. The molecule has 8 heteroatoms. The molecule has 1 aliphatic rings. The lowest BCUT2D eigenvalue weighted by molar-refractivity contribution is -0.385. The van der Waals surface area contributed by atoms with E-state index in [4.69, 9.17) is 4.74 Å². The molecule has 0 amide bonds. The van der Waals surface area contributed by atoms with Crippen LogP contribution in [0.25, 0.3) is 0 Å². The van der Waals surface area contributed by atoms with Crippen molar-refractivity contribution in [1.29, 1.82) is 0 Å². The Morgan fingerprint density at radius 1 is 1.36 bits per heavy atom. The summed E-state index contributed by atoms with van der Waals surface area (Å²) in [4.78, 5) is 17.6. The van der Waals surface area contributed by atoms with Crippen LogP contribution in [0.4, 0.5) is 5.69 Å². The molecular weight excluding hydrogens is 322 g/mol. The Morgan fingerprint density at radius 2 is 2.08 bits per heavy atom. The summed E-state index contributed by atoms with van der Waals surface area (Å²) in [6.45, 7) is 9.33. The Bertz CT molecular complexity index is 587. The number of hydrogen-bond acceptors (Lipinski definition) is 5. The topological polar surface area (TPSA) is 92.0 Å². The van der Waals surface area contributed by atoms with Crippen LogP contribution in [0.5, 0.6) is 0 Å². The summed E-state index contributed by atoms with van der Waals surface area (Å²) >= 11 is 0. The second-order valence-corrected chi connectivity index (χ2v) is 5.96. The number of para-hydroxylation sites is 1. The zero-order chi connectivity index (χ0) is 18.1. The first-order valence-corrected chi connectivity index (χ1v) is 8.68. The van der Waals surface area contributed by atoms with Crippen LogP contribution in [-0.2, 0) is 11.3 Å². The minimum absolute atomic E-state index is 0.101. The van der Waals surface area contributed by atoms with Crippen molar-refractivity contribution in [2.75, 3.05) is 39.4 Å². The highest BCUT2D eigenvalue weighted by molar-refractivity contribution is 5.79. The number of nitro groups is 1. The van der Waals surface area contributed by atoms with Gasteiger partial charge < -0.3 is 15.4 Å². The van der Waals surface area contributed by atoms with Gasteiger partial charge in [-0.1, -0.05) is 18.2 Å². The number of rotatable bonds is 7. The van der Waals surface area contributed by atoms with Crippen molar-refractivity contribution in [3.63, 3.8) is 0 Å². The second-order valence-electron chi connectivity index (χ2n) is 5.96. The number of benzene rings is 1. The first kappa shape index (κ1) is 19.1. The van der Waals surface area contributed by atoms with E-state index < -0.39 is 0 Å². The highest BCUT2D eigenvalue weighted by Gasteiger charge is 2.17. The number of aliphatic imine (C=N–C) groups is 1. The third-order valence-corrected chi connectivity index (χ3v) is 4.17. The third-order valence-electron chi connectivity index (χ3n) is 4.17. The Morgan fingerprint density at radius 3 is 2.76 bits per heavy atom. The van der Waals surface area contributed by atoms with Gasteiger partial charge in [-0.25, -0.2) is 4.99 Å². The number of hydrogen-bond donors (Lipinski definition) is 2. The van der Waals surface area contributed by atoms with Crippen LogP contribution in [-0.4, -0.2) is 61.2 Å². The van der Waals surface area contributed by atoms with Gasteiger partial charge in [-0.05, 0) is 13.8 Å². The smallest absolute Gasteiger partial charge is 0.274 e. The van der Waals surface area contributed by atoms with Gasteiger partial charge in [0.05, 0.1) is 30.2 Å². The van der Waals surface area contributed by atoms with E-state index in [9.17, 15) is 10.1 Å². The van der Waals surface area contributed by atoms with Crippen LogP contribution in [0.15, 0.2) is 29.3 Å². The fourth-order valence-electron chi connectivity index (χ4n) is 2.72. The van der Waals surface area contributed by atoms with Crippen LogP contribution in [0, 0.1) is 10.1 Å². The lowest BCUT2D eigenvalue weighted by atomic mass is 10.2. The fraction of sp³-hybridized carbons (Fsp3) is 0.588. The molecule has 1 fully saturated rings. The molecule has 0 spiro atoms. The predicted molar refractivity (Wildman–Crippen MR) is 97.8 cm³/mol. The second kappa shape index (κ2) is 9.95. The van der Waals surface area contributed by atoms with E-state index in [1.807, 2.05) is 6.92 Å². The molecule has 0 bridgehead atoms. The lowest BCUT2D eigenvalue weighted by Crippen LogP contribution is -2.49. The average molecular weight is 349 g/mol. The number of ether oxygens (including phenoxy) is 1. The normalized spacial score (nSPS) is 17.1. The van der Waals surface area contributed by atoms with Gasteiger partial charge in [0, 0.05) is 38.3 Å². The van der Waals surface area contributed by atoms with Crippen molar-refractivity contribution in [1.82, 2.24) is 15.5 Å². The van der Waals surface area contributed by atoms with E-state index in [1.54, 1.807) is 18.2 Å². The summed E-state index contributed by atoms with van der Waals surface area (Å²) in [6.07, 6.45) is 0. The molecule has 0 saturated carbocycles. The minimum atomic E-state index is -0.369. The molecule has 1 aliphatic heterocycles. The Hall–Kier alpha value is -2.19. The number of nitrogens with zero attached hydrogens (tertiary/aromatic N) is 3. The first-order chi connectivity index (χ1) is 12.1. The third kappa shape index (κ3) is 5.99. The van der Waals surface area contributed by atoms with Gasteiger partial charge in [-0.15, -0.1) is 0 Å². The molecule has 25 heavy (non-hydrogen) atoms. The van der Waals surface area contributed by atoms with Gasteiger partial charge in [0.25, 0.3) is 5.69 Å². The van der Waals surface area contributed by atoms with Gasteiger partial charge in [0.2, 0.25) is 0 Å². The summed E-state index contributed by atoms with van der Waals surface area (Å²) in [7, 11) is 0. The molecule has 1 aromatic carbocycles. The standard InChI is InChI=1S/C17H27N5O3/c1-3-18-17(19-12-14(2)21-8-10-25-11-9-21)20-13-15-6-4-5-7-16(15)22(23)24/h4-7,14H,3,8-13H2,1-2H3,(H2,18,19,20). The number of guanidine groups is 1. The molecule has 1 heterocycles. The molecule has 0 aliphatic carbocycles. The van der Waals surface area contributed by atoms with E-state index in [2.05, 4.69) is 27.4 Å². The number of nitrogens with one attached hydrogen (secondary N) is 2. The van der Waals surface area contributed by atoms with Crippen LogP contribution < -0.4 is 10.6 Å². The van der Waals surface area contributed by atoms with Crippen LogP contribution in [0.3, 0.4) is 0 Å². The molecule has 0 aromatic heterocycles. The van der Waals surface area contributed by atoms with Gasteiger partial charge >= 0.3 is 0 Å². The molecule has 1 unspecified atom stereocenters. The maximum absolute atomic E-state index is 11.1. The summed E-state index contributed by atoms with van der Waals surface area (Å²) in [5.41, 5.74) is 0.703. The van der Waals surface area contributed by atoms with Gasteiger partial charge in [-0.2, -0.15) is 0 Å². The zero-order valence-electron chi connectivity index (χ0n) is 14.9. The molecule has 1 atom stereocenters. The summed E-state index contributed by atoms with van der Waals surface area (Å²) in [5, 5.41) is 17.6. The monoisotopic (exact) mass is 349 g/mol. The van der Waals surface area contributed by atoms with E-state index in [-0.39, 0.29) is 17.2 Å². The largest absolute Gasteiger partial charge is 0.379 e. The first-order valence-electron chi connectivity index (χ1n) is 8.68. The van der Waals surface area contributed by atoms with Gasteiger partial charge in [0.15, 0.2) is 5.96 Å². The Kier molecular flexibility index (Phi) is 7.62. The van der Waals surface area contributed by atoms with Crippen molar-refractivity contribution in [3.05, 3.63) is 39.9 Å². The van der Waals surface area contributed by atoms with Gasteiger partial charge in [0.1, 0.15) is 0 Å². The summed E-state index contributed by atoms with van der Waals surface area (Å²) in [5.74, 6) is 0.667. The summed E-state index contributed by atoms with van der Waals surface area (Å²) in [6, 6.07) is 7.06. The van der Waals surface area contributed by atoms with E-state index in [0.717, 1.165) is 39.4 Å². The van der Waals surface area contributed by atoms with Crippen LogP contribution in [0.2, 0.25) is 0 Å². The SMILES string of the molecule is CCNC(=NCc1ccccc1[N+](=O)[O-])NCC(C)N1CCOCC1. The number of morpholine rings is 1. The van der Waals surface area contributed by atoms with Crippen molar-refractivity contribution in [2.24, 2.45) is 4.99 Å². The summed E-state index contributed by atoms with van der Waals surface area (Å²) < 4.78 is 5.38. The van der Waals surface area contributed by atoms with Crippen molar-refractivity contribution < 1.29 is 9.66 Å². The molecule has 138 valence electrons. The lowest BCUT2D eigenvalue weighted by Gasteiger charge is -2.32. The number of nitro benzene ring substituents is 1. The quantitative estimate of drug-likeness (QED) is 0.334. The Balaban J connectivity index is 1.95. The Labute approximate surface area is 148 Å².